The highest BCUT2D eigenvalue weighted by Crippen LogP contribution is 2.27. The Hall–Kier alpha value is -2.11. The van der Waals surface area contributed by atoms with Crippen LogP contribution in [-0.4, -0.2) is 36.3 Å². The van der Waals surface area contributed by atoms with Crippen LogP contribution in [0.2, 0.25) is 0 Å². The van der Waals surface area contributed by atoms with Crippen molar-refractivity contribution in [2.75, 3.05) is 18.6 Å². The maximum atomic E-state index is 12.1. The molecule has 1 aromatic rings. The standard InChI is InChI=1S/C14H18N2O4/c1-14(2,3)20-13(18)16-6-5-9-7-10(12(17)19-4)8-15-11(9)16/h7-8H,5-6H2,1-4H3. The number of amides is 1. The van der Waals surface area contributed by atoms with Gasteiger partial charge in [-0.25, -0.2) is 14.6 Å². The van der Waals surface area contributed by atoms with Crippen molar-refractivity contribution >= 4 is 17.9 Å². The van der Waals surface area contributed by atoms with Crippen LogP contribution >= 0.6 is 0 Å². The number of anilines is 1. The molecule has 0 aliphatic carbocycles. The molecular formula is C14H18N2O4. The molecule has 108 valence electrons. The molecule has 0 saturated heterocycles. The Morgan fingerprint density at radius 1 is 1.35 bits per heavy atom. The second-order valence-electron chi connectivity index (χ2n) is 5.58. The molecule has 0 bridgehead atoms. The van der Waals surface area contributed by atoms with E-state index < -0.39 is 17.7 Å². The van der Waals surface area contributed by atoms with Gasteiger partial charge in [0, 0.05) is 12.7 Å². The summed E-state index contributed by atoms with van der Waals surface area (Å²) in [7, 11) is 1.32. The molecule has 0 atom stereocenters. The van der Waals surface area contributed by atoms with Gasteiger partial charge in [-0.2, -0.15) is 0 Å². The summed E-state index contributed by atoms with van der Waals surface area (Å²) in [6, 6.07) is 1.71. The second-order valence-corrected chi connectivity index (χ2v) is 5.58. The Bertz CT molecular complexity index is 549. The van der Waals surface area contributed by atoms with Gasteiger partial charge < -0.3 is 9.47 Å². The van der Waals surface area contributed by atoms with Gasteiger partial charge in [0.25, 0.3) is 0 Å². The van der Waals surface area contributed by atoms with Gasteiger partial charge in [0.1, 0.15) is 11.4 Å². The predicted octanol–water partition coefficient (Wildman–Crippen LogP) is 2.17. The first-order valence-electron chi connectivity index (χ1n) is 6.39. The van der Waals surface area contributed by atoms with Crippen LogP contribution in [0.5, 0.6) is 0 Å². The number of hydrogen-bond acceptors (Lipinski definition) is 5. The van der Waals surface area contributed by atoms with Gasteiger partial charge in [0.2, 0.25) is 0 Å². The number of pyridine rings is 1. The first-order chi connectivity index (χ1) is 9.31. The summed E-state index contributed by atoms with van der Waals surface area (Å²) in [6.07, 6.45) is 1.63. The van der Waals surface area contributed by atoms with Gasteiger partial charge in [-0.15, -0.1) is 0 Å². The summed E-state index contributed by atoms with van der Waals surface area (Å²) in [5.41, 5.74) is 0.683. The highest BCUT2D eigenvalue weighted by molar-refractivity contribution is 5.92. The van der Waals surface area contributed by atoms with Crippen molar-refractivity contribution in [3.05, 3.63) is 23.4 Å². The number of rotatable bonds is 1. The van der Waals surface area contributed by atoms with E-state index >= 15 is 0 Å². The molecule has 1 aliphatic heterocycles. The number of aromatic nitrogens is 1. The van der Waals surface area contributed by atoms with Crippen molar-refractivity contribution in [2.45, 2.75) is 32.8 Å². The molecule has 0 aromatic carbocycles. The second kappa shape index (κ2) is 5.11. The molecule has 1 amide bonds. The fourth-order valence-corrected chi connectivity index (χ4v) is 1.99. The molecule has 6 heteroatoms. The minimum atomic E-state index is -0.550. The zero-order valence-corrected chi connectivity index (χ0v) is 12.1. The van der Waals surface area contributed by atoms with Crippen LogP contribution in [0.4, 0.5) is 10.6 Å². The quantitative estimate of drug-likeness (QED) is 0.736. The van der Waals surface area contributed by atoms with Crippen LogP contribution in [0, 0.1) is 0 Å². The molecule has 0 fully saturated rings. The van der Waals surface area contributed by atoms with Crippen LogP contribution in [0.15, 0.2) is 12.3 Å². The average Bonchev–Trinajstić information content (AvgIpc) is 2.78. The summed E-state index contributed by atoms with van der Waals surface area (Å²) in [6.45, 7) is 5.95. The summed E-state index contributed by atoms with van der Waals surface area (Å²) in [4.78, 5) is 29.2. The highest BCUT2D eigenvalue weighted by Gasteiger charge is 2.30. The zero-order chi connectivity index (χ0) is 14.9. The summed E-state index contributed by atoms with van der Waals surface area (Å²) >= 11 is 0. The third-order valence-corrected chi connectivity index (χ3v) is 2.84. The van der Waals surface area contributed by atoms with Gasteiger partial charge in [-0.3, -0.25) is 4.90 Å². The summed E-state index contributed by atoms with van der Waals surface area (Å²) < 4.78 is 9.98. The van der Waals surface area contributed by atoms with E-state index in [4.69, 9.17) is 4.74 Å². The van der Waals surface area contributed by atoms with E-state index in [1.807, 2.05) is 20.8 Å². The molecular weight excluding hydrogens is 260 g/mol. The predicted molar refractivity (Wildman–Crippen MR) is 72.9 cm³/mol. The number of methoxy groups -OCH3 is 1. The molecule has 20 heavy (non-hydrogen) atoms. The molecule has 1 aromatic heterocycles. The zero-order valence-electron chi connectivity index (χ0n) is 12.1. The van der Waals surface area contributed by atoms with Crippen LogP contribution in [0.3, 0.4) is 0 Å². The van der Waals surface area contributed by atoms with Gasteiger partial charge in [-0.05, 0) is 38.8 Å². The largest absolute Gasteiger partial charge is 0.465 e. The number of carbonyl (C=O) groups excluding carboxylic acids is 2. The Morgan fingerprint density at radius 2 is 2.05 bits per heavy atom. The van der Waals surface area contributed by atoms with Crippen molar-refractivity contribution in [1.82, 2.24) is 4.98 Å². The molecule has 1 aliphatic rings. The van der Waals surface area contributed by atoms with Crippen molar-refractivity contribution in [3.8, 4) is 0 Å². The lowest BCUT2D eigenvalue weighted by Gasteiger charge is -2.24. The van der Waals surface area contributed by atoms with Crippen molar-refractivity contribution in [2.24, 2.45) is 0 Å². The van der Waals surface area contributed by atoms with E-state index in [0.29, 0.717) is 24.3 Å². The first kappa shape index (κ1) is 14.3. The SMILES string of the molecule is COC(=O)c1cnc2c(c1)CCN2C(=O)OC(C)(C)C. The molecule has 0 radical (unpaired) electrons. The smallest absolute Gasteiger partial charge is 0.416 e. The van der Waals surface area contributed by atoms with Gasteiger partial charge >= 0.3 is 12.1 Å². The molecule has 0 saturated carbocycles. The number of carbonyl (C=O) groups is 2. The average molecular weight is 278 g/mol. The molecule has 0 unspecified atom stereocenters. The minimum absolute atomic E-state index is 0.386. The van der Waals surface area contributed by atoms with E-state index in [-0.39, 0.29) is 0 Å². The molecule has 0 N–H and O–H groups in total. The van der Waals surface area contributed by atoms with E-state index in [0.717, 1.165) is 5.56 Å². The van der Waals surface area contributed by atoms with Crippen molar-refractivity contribution < 1.29 is 19.1 Å². The number of nitrogens with zero attached hydrogens (tertiary/aromatic N) is 2. The Balaban J connectivity index is 2.21. The van der Waals surface area contributed by atoms with E-state index in [1.165, 1.54) is 18.2 Å². The fourth-order valence-electron chi connectivity index (χ4n) is 1.99. The van der Waals surface area contributed by atoms with Crippen molar-refractivity contribution in [3.63, 3.8) is 0 Å². The minimum Gasteiger partial charge on any atom is -0.465 e. The number of hydrogen-bond donors (Lipinski definition) is 0. The lowest BCUT2D eigenvalue weighted by molar-refractivity contribution is 0.0580. The lowest BCUT2D eigenvalue weighted by Crippen LogP contribution is -2.36. The molecule has 0 spiro atoms. The molecule has 2 rings (SSSR count). The van der Waals surface area contributed by atoms with Gasteiger partial charge in [0.05, 0.1) is 12.7 Å². The summed E-state index contributed by atoms with van der Waals surface area (Å²) in [5, 5.41) is 0. The lowest BCUT2D eigenvalue weighted by atomic mass is 10.2. The van der Waals surface area contributed by atoms with E-state index in [2.05, 4.69) is 9.72 Å². The third kappa shape index (κ3) is 2.89. The maximum Gasteiger partial charge on any atom is 0.416 e. The first-order valence-corrected chi connectivity index (χ1v) is 6.39. The fraction of sp³-hybridized carbons (Fsp3) is 0.500. The maximum absolute atomic E-state index is 12.1. The van der Waals surface area contributed by atoms with Crippen molar-refractivity contribution in [1.29, 1.82) is 0 Å². The monoisotopic (exact) mass is 278 g/mol. The summed E-state index contributed by atoms with van der Waals surface area (Å²) in [5.74, 6) is 0.114. The number of esters is 1. The van der Waals surface area contributed by atoms with Crippen LogP contribution < -0.4 is 4.90 Å². The molecule has 6 nitrogen and oxygen atoms in total. The molecule has 2 heterocycles. The Kier molecular flexibility index (Phi) is 3.65. The highest BCUT2D eigenvalue weighted by atomic mass is 16.6. The van der Waals surface area contributed by atoms with Gasteiger partial charge in [-0.1, -0.05) is 0 Å². The van der Waals surface area contributed by atoms with Crippen LogP contribution in [0.1, 0.15) is 36.7 Å². The van der Waals surface area contributed by atoms with Crippen LogP contribution in [0.25, 0.3) is 0 Å². The third-order valence-electron chi connectivity index (χ3n) is 2.84. The Morgan fingerprint density at radius 3 is 2.65 bits per heavy atom. The van der Waals surface area contributed by atoms with E-state index in [9.17, 15) is 9.59 Å². The Labute approximate surface area is 117 Å². The van der Waals surface area contributed by atoms with Gasteiger partial charge in [0.15, 0.2) is 0 Å². The normalized spacial score (nSPS) is 13.9. The van der Waals surface area contributed by atoms with E-state index in [1.54, 1.807) is 6.07 Å². The van der Waals surface area contributed by atoms with Crippen LogP contribution in [-0.2, 0) is 15.9 Å². The number of fused-ring (bicyclic) bond motifs is 1. The topological polar surface area (TPSA) is 68.7 Å². The number of ether oxygens (including phenoxy) is 2.